The van der Waals surface area contributed by atoms with Gasteiger partial charge in [-0.15, -0.1) is 0 Å². The monoisotopic (exact) mass is 216 g/mol. The molecule has 1 aliphatic heterocycles. The van der Waals surface area contributed by atoms with E-state index in [0.29, 0.717) is 0 Å². The number of esters is 1. The van der Waals surface area contributed by atoms with Gasteiger partial charge in [-0.25, -0.2) is 0 Å². The van der Waals surface area contributed by atoms with E-state index in [1.165, 1.54) is 0 Å². The van der Waals surface area contributed by atoms with Crippen molar-refractivity contribution in [3.05, 3.63) is 0 Å². The zero-order valence-corrected chi connectivity index (χ0v) is 8.95. The largest absolute Gasteiger partial charge is 0.462 e. The fourth-order valence-electron chi connectivity index (χ4n) is 1.37. The van der Waals surface area contributed by atoms with Crippen molar-refractivity contribution in [2.24, 2.45) is 11.7 Å². The second-order valence-electron chi connectivity index (χ2n) is 3.89. The maximum Gasteiger partial charge on any atom is 0.323 e. The minimum Gasteiger partial charge on any atom is -0.462 e. The molecule has 1 rings (SSSR count). The van der Waals surface area contributed by atoms with Crippen molar-refractivity contribution in [2.45, 2.75) is 38.8 Å². The maximum atomic E-state index is 11.4. The van der Waals surface area contributed by atoms with Crippen LogP contribution in [0.5, 0.6) is 0 Å². The van der Waals surface area contributed by atoms with Crippen LogP contribution in [0.25, 0.3) is 0 Å². The number of carbonyl (C=O) groups excluding carboxylic acids is 2. The third kappa shape index (κ3) is 3.51. The van der Waals surface area contributed by atoms with Crippen LogP contribution >= 0.6 is 0 Å². The van der Waals surface area contributed by atoms with E-state index in [0.717, 1.165) is 0 Å². The quantitative estimate of drug-likeness (QED) is 0.637. The number of nitrogens with two attached hydrogens (primary N) is 1. The van der Waals surface area contributed by atoms with E-state index in [1.54, 1.807) is 13.8 Å². The van der Waals surface area contributed by atoms with E-state index in [1.807, 2.05) is 0 Å². The third-order valence-electron chi connectivity index (χ3n) is 2.12. The van der Waals surface area contributed by atoms with Crippen molar-refractivity contribution in [2.75, 3.05) is 6.50 Å². The van der Waals surface area contributed by atoms with Gasteiger partial charge in [0.05, 0.1) is 6.10 Å². The zero-order valence-electron chi connectivity index (χ0n) is 10.9. The molecule has 3 N–H and O–H groups in total. The predicted octanol–water partition coefficient (Wildman–Crippen LogP) is -0.208. The number of nitrogens with one attached hydrogen (secondary N) is 1. The Labute approximate surface area is 92.2 Å². The molecule has 0 spiro atoms. The van der Waals surface area contributed by atoms with Crippen LogP contribution in [0, 0.1) is 5.92 Å². The number of carbonyl (C=O) groups is 2. The fourth-order valence-corrected chi connectivity index (χ4v) is 1.37. The first kappa shape index (κ1) is 9.15. The molecule has 2 atom stereocenters. The molecule has 5 heteroatoms. The molecular weight excluding hydrogens is 196 g/mol. The molecule has 5 nitrogen and oxygen atoms in total. The molecule has 0 aromatic heterocycles. The Morgan fingerprint density at radius 1 is 1.80 bits per heavy atom. The van der Waals surface area contributed by atoms with Crippen LogP contribution in [-0.4, -0.2) is 30.5 Å². The second kappa shape index (κ2) is 5.11. The maximum absolute atomic E-state index is 11.4. The lowest BCUT2D eigenvalue weighted by Crippen LogP contribution is -2.37. The molecule has 1 saturated heterocycles. The molecule has 15 heavy (non-hydrogen) atoms. The zero-order chi connectivity index (χ0) is 13.2. The normalized spacial score (nSPS) is 28.0. The lowest BCUT2D eigenvalue weighted by atomic mass is 9.99. The summed E-state index contributed by atoms with van der Waals surface area (Å²) < 4.78 is 19.7. The average Bonchev–Trinajstić information content (AvgIpc) is 2.38. The summed E-state index contributed by atoms with van der Waals surface area (Å²) in [7, 11) is 0. The van der Waals surface area contributed by atoms with Crippen LogP contribution in [0.3, 0.4) is 0 Å². The highest BCUT2D eigenvalue weighted by Crippen LogP contribution is 2.15. The summed E-state index contributed by atoms with van der Waals surface area (Å²) in [6.45, 7) is 1.72. The Morgan fingerprint density at radius 2 is 2.47 bits per heavy atom. The Bertz CT molecular complexity index is 321. The van der Waals surface area contributed by atoms with Crippen LogP contribution in [0.15, 0.2) is 0 Å². The Hall–Kier alpha value is -1.10. The number of rotatable bonds is 4. The van der Waals surface area contributed by atoms with E-state index in [9.17, 15) is 9.59 Å². The minimum absolute atomic E-state index is 0.0362. The summed E-state index contributed by atoms with van der Waals surface area (Å²) in [4.78, 5) is 22.8. The van der Waals surface area contributed by atoms with Gasteiger partial charge in [0.1, 0.15) is 6.04 Å². The molecule has 0 saturated carbocycles. The summed E-state index contributed by atoms with van der Waals surface area (Å²) in [6, 6.07) is -0.887. The van der Waals surface area contributed by atoms with Gasteiger partial charge in [0.25, 0.3) is 0 Å². The Balaban J connectivity index is 2.49. The average molecular weight is 216 g/mol. The smallest absolute Gasteiger partial charge is 0.323 e. The SMILES string of the molecule is [2H]C1([2H])C[C@@H](C[C@H](N)C(=O)OC(C)C)C(=O)N1. The van der Waals surface area contributed by atoms with Crippen molar-refractivity contribution in [3.63, 3.8) is 0 Å². The van der Waals surface area contributed by atoms with Crippen LogP contribution in [0.2, 0.25) is 0 Å². The van der Waals surface area contributed by atoms with Gasteiger partial charge in [0, 0.05) is 15.2 Å². The molecule has 0 radical (unpaired) electrons. The molecule has 1 amide bonds. The standard InChI is InChI=1S/C10H18N2O3/c1-6(2)15-10(14)8(11)5-7-3-4-12-9(7)13/h6-8H,3-5,11H2,1-2H3,(H,12,13)/t7-,8-/m0/s1/i4D2. The third-order valence-corrected chi connectivity index (χ3v) is 2.12. The van der Waals surface area contributed by atoms with Gasteiger partial charge in [0.2, 0.25) is 5.91 Å². The molecule has 0 bridgehead atoms. The number of hydrogen-bond acceptors (Lipinski definition) is 4. The Kier molecular flexibility index (Phi) is 3.12. The van der Waals surface area contributed by atoms with Crippen molar-refractivity contribution < 1.29 is 17.1 Å². The van der Waals surface area contributed by atoms with Gasteiger partial charge in [-0.2, -0.15) is 0 Å². The van der Waals surface area contributed by atoms with Gasteiger partial charge >= 0.3 is 5.97 Å². The minimum atomic E-state index is -1.70. The predicted molar refractivity (Wildman–Crippen MR) is 54.9 cm³/mol. The van der Waals surface area contributed by atoms with E-state index >= 15 is 0 Å². The Morgan fingerprint density at radius 3 is 2.93 bits per heavy atom. The molecule has 0 aromatic carbocycles. The molecule has 0 unspecified atom stereocenters. The molecule has 0 aliphatic carbocycles. The molecule has 1 aliphatic rings. The molecule has 1 fully saturated rings. The number of hydrogen-bond donors (Lipinski definition) is 2. The first-order valence-corrected chi connectivity index (χ1v) is 4.99. The van der Waals surface area contributed by atoms with Crippen LogP contribution in [0.1, 0.15) is 29.4 Å². The lowest BCUT2D eigenvalue weighted by Gasteiger charge is -2.15. The van der Waals surface area contributed by atoms with Crippen LogP contribution < -0.4 is 11.1 Å². The van der Waals surface area contributed by atoms with Crippen LogP contribution in [0.4, 0.5) is 0 Å². The van der Waals surface area contributed by atoms with Gasteiger partial charge in [-0.05, 0) is 26.7 Å². The molecule has 1 heterocycles. The van der Waals surface area contributed by atoms with Crippen molar-refractivity contribution in [1.29, 1.82) is 0 Å². The van der Waals surface area contributed by atoms with Gasteiger partial charge in [-0.3, -0.25) is 9.59 Å². The van der Waals surface area contributed by atoms with Crippen LogP contribution in [-0.2, 0) is 14.3 Å². The van der Waals surface area contributed by atoms with Crippen molar-refractivity contribution in [3.8, 4) is 0 Å². The summed E-state index contributed by atoms with van der Waals surface area (Å²) in [5.74, 6) is -1.53. The summed E-state index contributed by atoms with van der Waals surface area (Å²) in [6.07, 6.45) is -0.108. The summed E-state index contributed by atoms with van der Waals surface area (Å²) >= 11 is 0. The van der Waals surface area contributed by atoms with E-state index in [-0.39, 0.29) is 18.9 Å². The van der Waals surface area contributed by atoms with E-state index in [2.05, 4.69) is 5.32 Å². The second-order valence-corrected chi connectivity index (χ2v) is 3.89. The van der Waals surface area contributed by atoms with Gasteiger partial charge < -0.3 is 15.8 Å². The topological polar surface area (TPSA) is 81.4 Å². The highest BCUT2D eigenvalue weighted by Gasteiger charge is 2.29. The molecule has 0 aromatic rings. The number of amides is 1. The van der Waals surface area contributed by atoms with E-state index in [4.69, 9.17) is 13.2 Å². The van der Waals surface area contributed by atoms with Crippen molar-refractivity contribution >= 4 is 11.9 Å². The van der Waals surface area contributed by atoms with Crippen molar-refractivity contribution in [1.82, 2.24) is 5.32 Å². The number of ether oxygens (including phenoxy) is 1. The highest BCUT2D eigenvalue weighted by atomic mass is 16.5. The summed E-state index contributed by atoms with van der Waals surface area (Å²) in [5, 5.41) is 2.21. The first-order chi connectivity index (χ1) is 7.71. The highest BCUT2D eigenvalue weighted by molar-refractivity contribution is 5.82. The summed E-state index contributed by atoms with van der Waals surface area (Å²) in [5.41, 5.74) is 5.62. The van der Waals surface area contributed by atoms with Gasteiger partial charge in [-0.1, -0.05) is 0 Å². The lowest BCUT2D eigenvalue weighted by molar-refractivity contribution is -0.149. The molecular formula is C10H18N2O3. The van der Waals surface area contributed by atoms with Gasteiger partial charge in [0.15, 0.2) is 0 Å². The molecule has 86 valence electrons. The first-order valence-electron chi connectivity index (χ1n) is 5.99. The van der Waals surface area contributed by atoms with E-state index < -0.39 is 30.3 Å². The fraction of sp³-hybridized carbons (Fsp3) is 0.800.